The first-order chi connectivity index (χ1) is 10.1. The van der Waals surface area contributed by atoms with Crippen molar-refractivity contribution in [3.63, 3.8) is 0 Å². The molecule has 0 aliphatic rings. The number of hydrogen-bond acceptors (Lipinski definition) is 3. The molecule has 21 heavy (non-hydrogen) atoms. The molecular formula is C15H16N2O4. The molecule has 2 rings (SSSR count). The fourth-order valence-electron chi connectivity index (χ4n) is 1.81. The minimum atomic E-state index is -0.976. The summed E-state index contributed by atoms with van der Waals surface area (Å²) >= 11 is 0. The van der Waals surface area contributed by atoms with Gasteiger partial charge in [-0.1, -0.05) is 0 Å². The number of rotatable bonds is 6. The number of benzene rings is 1. The first kappa shape index (κ1) is 14.6. The van der Waals surface area contributed by atoms with Gasteiger partial charge in [0.05, 0.1) is 17.7 Å². The molecule has 0 fully saturated rings. The molecule has 6 nitrogen and oxygen atoms in total. The summed E-state index contributed by atoms with van der Waals surface area (Å²) in [7, 11) is 0. The van der Waals surface area contributed by atoms with Crippen molar-refractivity contribution in [3.8, 4) is 5.75 Å². The molecule has 1 heterocycles. The second-order valence-electron chi connectivity index (χ2n) is 4.49. The number of H-pyrrole nitrogens is 1. The van der Waals surface area contributed by atoms with Gasteiger partial charge in [0.25, 0.3) is 5.91 Å². The highest BCUT2D eigenvalue weighted by molar-refractivity contribution is 5.95. The largest absolute Gasteiger partial charge is 0.492 e. The number of nitrogens with one attached hydrogen (secondary N) is 2. The number of aromatic nitrogens is 1. The normalized spacial score (nSPS) is 10.1. The minimum absolute atomic E-state index is 0.154. The highest BCUT2D eigenvalue weighted by Gasteiger charge is 2.08. The zero-order valence-corrected chi connectivity index (χ0v) is 11.6. The lowest BCUT2D eigenvalue weighted by molar-refractivity contribution is 0.0696. The molecule has 0 unspecified atom stereocenters. The Labute approximate surface area is 121 Å². The molecule has 110 valence electrons. The van der Waals surface area contributed by atoms with Crippen molar-refractivity contribution >= 4 is 11.9 Å². The van der Waals surface area contributed by atoms with E-state index >= 15 is 0 Å². The summed E-state index contributed by atoms with van der Waals surface area (Å²) < 4.78 is 5.42. The summed E-state index contributed by atoms with van der Waals surface area (Å²) in [5, 5.41) is 11.5. The Hall–Kier alpha value is -2.76. The van der Waals surface area contributed by atoms with Crippen molar-refractivity contribution in [3.05, 3.63) is 53.3 Å². The van der Waals surface area contributed by atoms with Gasteiger partial charge in [0.2, 0.25) is 0 Å². The van der Waals surface area contributed by atoms with Crippen LogP contribution in [0.15, 0.2) is 36.7 Å². The minimum Gasteiger partial charge on any atom is -0.492 e. The van der Waals surface area contributed by atoms with Gasteiger partial charge in [0, 0.05) is 12.4 Å². The van der Waals surface area contributed by atoms with E-state index in [1.54, 1.807) is 24.5 Å². The summed E-state index contributed by atoms with van der Waals surface area (Å²) in [5.74, 6) is -0.568. The van der Waals surface area contributed by atoms with Crippen molar-refractivity contribution in [2.24, 2.45) is 0 Å². The van der Waals surface area contributed by atoms with Gasteiger partial charge in [-0.2, -0.15) is 0 Å². The van der Waals surface area contributed by atoms with Gasteiger partial charge in [0.15, 0.2) is 0 Å². The van der Waals surface area contributed by atoms with Crippen LogP contribution >= 0.6 is 0 Å². The highest BCUT2D eigenvalue weighted by Crippen LogP contribution is 2.12. The maximum Gasteiger partial charge on any atom is 0.335 e. The SMILES string of the molecule is Cc1c[nH]cc1C(=O)NCCOc1ccc(C(=O)O)cc1. The van der Waals surface area contributed by atoms with E-state index in [4.69, 9.17) is 9.84 Å². The maximum absolute atomic E-state index is 11.8. The first-order valence-corrected chi connectivity index (χ1v) is 6.45. The third-order valence-corrected chi connectivity index (χ3v) is 2.95. The Bertz CT molecular complexity index is 631. The third kappa shape index (κ3) is 3.85. The lowest BCUT2D eigenvalue weighted by Gasteiger charge is -2.08. The first-order valence-electron chi connectivity index (χ1n) is 6.45. The van der Waals surface area contributed by atoms with Crippen LogP contribution < -0.4 is 10.1 Å². The van der Waals surface area contributed by atoms with Crippen molar-refractivity contribution in [2.45, 2.75) is 6.92 Å². The van der Waals surface area contributed by atoms with Crippen LogP contribution in [-0.2, 0) is 0 Å². The number of hydrogen-bond donors (Lipinski definition) is 3. The topological polar surface area (TPSA) is 91.4 Å². The molecule has 0 saturated carbocycles. The quantitative estimate of drug-likeness (QED) is 0.707. The van der Waals surface area contributed by atoms with Crippen molar-refractivity contribution in [2.75, 3.05) is 13.2 Å². The van der Waals surface area contributed by atoms with Crippen LogP contribution in [0.5, 0.6) is 5.75 Å². The van der Waals surface area contributed by atoms with Gasteiger partial charge in [0.1, 0.15) is 12.4 Å². The molecule has 0 spiro atoms. The molecule has 1 amide bonds. The number of carbonyl (C=O) groups is 2. The van der Waals surface area contributed by atoms with Gasteiger partial charge in [-0.05, 0) is 36.8 Å². The Morgan fingerprint density at radius 1 is 1.24 bits per heavy atom. The van der Waals surface area contributed by atoms with E-state index in [-0.39, 0.29) is 11.5 Å². The van der Waals surface area contributed by atoms with Crippen LogP contribution in [0.4, 0.5) is 0 Å². The number of carbonyl (C=O) groups excluding carboxylic acids is 1. The molecule has 0 aliphatic carbocycles. The fourth-order valence-corrected chi connectivity index (χ4v) is 1.81. The van der Waals surface area contributed by atoms with E-state index in [0.29, 0.717) is 24.5 Å². The molecule has 3 N–H and O–H groups in total. The molecule has 6 heteroatoms. The Kier molecular flexibility index (Phi) is 4.61. The van der Waals surface area contributed by atoms with Crippen LogP contribution in [0.2, 0.25) is 0 Å². The van der Waals surface area contributed by atoms with Gasteiger partial charge in [-0.25, -0.2) is 4.79 Å². The van der Waals surface area contributed by atoms with Crippen LogP contribution in [-0.4, -0.2) is 35.1 Å². The molecule has 0 saturated heterocycles. The lowest BCUT2D eigenvalue weighted by Crippen LogP contribution is -2.28. The number of aromatic amines is 1. The highest BCUT2D eigenvalue weighted by atomic mass is 16.5. The Morgan fingerprint density at radius 2 is 1.95 bits per heavy atom. The number of aryl methyl sites for hydroxylation is 1. The second kappa shape index (κ2) is 6.60. The zero-order valence-electron chi connectivity index (χ0n) is 11.6. The fraction of sp³-hybridized carbons (Fsp3) is 0.200. The van der Waals surface area contributed by atoms with Crippen LogP contribution in [0.25, 0.3) is 0 Å². The summed E-state index contributed by atoms with van der Waals surface area (Å²) in [6.07, 6.45) is 3.41. The summed E-state index contributed by atoms with van der Waals surface area (Å²) in [5.41, 5.74) is 1.71. The zero-order chi connectivity index (χ0) is 15.2. The van der Waals surface area contributed by atoms with Crippen LogP contribution in [0.3, 0.4) is 0 Å². The van der Waals surface area contributed by atoms with Crippen LogP contribution in [0.1, 0.15) is 26.3 Å². The number of carboxylic acids is 1. The molecule has 0 bridgehead atoms. The maximum atomic E-state index is 11.8. The van der Waals surface area contributed by atoms with Gasteiger partial charge in [-0.15, -0.1) is 0 Å². The Balaban J connectivity index is 1.76. The number of carboxylic acid groups (broad SMARTS) is 1. The standard InChI is InChI=1S/C15H16N2O4/c1-10-8-16-9-13(10)14(18)17-6-7-21-12-4-2-11(3-5-12)15(19)20/h2-5,8-9,16H,6-7H2,1H3,(H,17,18)(H,19,20). The molecule has 0 aliphatic heterocycles. The molecule has 0 radical (unpaired) electrons. The van der Waals surface area contributed by atoms with E-state index in [2.05, 4.69) is 10.3 Å². The third-order valence-electron chi connectivity index (χ3n) is 2.95. The van der Waals surface area contributed by atoms with Gasteiger partial charge < -0.3 is 20.1 Å². The molecule has 0 atom stereocenters. The predicted octanol–water partition coefficient (Wildman–Crippen LogP) is 1.83. The summed E-state index contributed by atoms with van der Waals surface area (Å²) in [4.78, 5) is 25.4. The molecular weight excluding hydrogens is 272 g/mol. The monoisotopic (exact) mass is 288 g/mol. The summed E-state index contributed by atoms with van der Waals surface area (Å²) in [6.45, 7) is 2.53. The Morgan fingerprint density at radius 3 is 2.52 bits per heavy atom. The van der Waals surface area contributed by atoms with Crippen molar-refractivity contribution in [1.29, 1.82) is 0 Å². The smallest absolute Gasteiger partial charge is 0.335 e. The second-order valence-corrected chi connectivity index (χ2v) is 4.49. The predicted molar refractivity (Wildman–Crippen MR) is 76.8 cm³/mol. The molecule has 1 aromatic heterocycles. The van der Waals surface area contributed by atoms with Gasteiger partial charge in [-0.3, -0.25) is 4.79 Å². The molecule has 1 aromatic carbocycles. The lowest BCUT2D eigenvalue weighted by atomic mass is 10.2. The summed E-state index contributed by atoms with van der Waals surface area (Å²) in [6, 6.07) is 6.11. The molecule has 2 aromatic rings. The van der Waals surface area contributed by atoms with Crippen LogP contribution in [0, 0.1) is 6.92 Å². The number of amides is 1. The van der Waals surface area contributed by atoms with Crippen molar-refractivity contribution in [1.82, 2.24) is 10.3 Å². The average molecular weight is 288 g/mol. The number of aromatic carboxylic acids is 1. The van der Waals surface area contributed by atoms with Crippen molar-refractivity contribution < 1.29 is 19.4 Å². The average Bonchev–Trinajstić information content (AvgIpc) is 2.90. The van der Waals surface area contributed by atoms with E-state index in [0.717, 1.165) is 5.56 Å². The van der Waals surface area contributed by atoms with Gasteiger partial charge >= 0.3 is 5.97 Å². The van der Waals surface area contributed by atoms with E-state index in [1.165, 1.54) is 12.1 Å². The number of ether oxygens (including phenoxy) is 1. The van der Waals surface area contributed by atoms with E-state index in [9.17, 15) is 9.59 Å². The van der Waals surface area contributed by atoms with E-state index < -0.39 is 5.97 Å². The van der Waals surface area contributed by atoms with E-state index in [1.807, 2.05) is 6.92 Å².